The SMILES string of the molecule is [2H]C([2H])([2H])NC(=O)C(CCN1CCC(O)(c2ccc(Cl)cc2)CC1)(c1ccccc1)c1ccccc1. The van der Waals surface area contributed by atoms with Gasteiger partial charge in [-0.1, -0.05) is 84.4 Å². The number of nitrogens with zero attached hydrogens (tertiary/aromatic N) is 1. The van der Waals surface area contributed by atoms with Crippen LogP contribution in [-0.4, -0.2) is 42.5 Å². The molecule has 1 aliphatic heterocycles. The summed E-state index contributed by atoms with van der Waals surface area (Å²) >= 11 is 6.01. The van der Waals surface area contributed by atoms with E-state index in [1.165, 1.54) is 0 Å². The molecule has 172 valence electrons. The Hall–Kier alpha value is -2.66. The van der Waals surface area contributed by atoms with E-state index in [9.17, 15) is 9.90 Å². The van der Waals surface area contributed by atoms with E-state index in [0.717, 1.165) is 16.7 Å². The first-order valence-corrected chi connectivity index (χ1v) is 11.6. The lowest BCUT2D eigenvalue weighted by atomic mass is 9.71. The van der Waals surface area contributed by atoms with Crippen molar-refractivity contribution in [1.82, 2.24) is 10.2 Å². The predicted molar refractivity (Wildman–Crippen MR) is 133 cm³/mol. The molecule has 1 fully saturated rings. The van der Waals surface area contributed by atoms with Crippen LogP contribution in [0.3, 0.4) is 0 Å². The molecule has 3 aromatic rings. The number of carbonyl (C=O) groups excluding carboxylic acids is 1. The Bertz CT molecular complexity index is 1110. The quantitative estimate of drug-likeness (QED) is 0.529. The standard InChI is InChI=1S/C28H31ClN2O2/c1-30-26(32)28(23-8-4-2-5-9-23,24-10-6-3-7-11-24)18-21-31-19-16-27(33,17-20-31)22-12-14-25(29)15-13-22/h2-15,33H,16-21H2,1H3,(H,30,32)/i1D3. The van der Waals surface area contributed by atoms with Crippen molar-refractivity contribution in [2.45, 2.75) is 30.3 Å². The Balaban J connectivity index is 1.59. The fraction of sp³-hybridized carbons (Fsp3) is 0.321. The lowest BCUT2D eigenvalue weighted by molar-refractivity contribution is -0.125. The van der Waals surface area contributed by atoms with Crippen LogP contribution in [0.4, 0.5) is 0 Å². The van der Waals surface area contributed by atoms with Crippen LogP contribution >= 0.6 is 11.6 Å². The number of piperidine rings is 1. The van der Waals surface area contributed by atoms with Crippen LogP contribution in [0, 0.1) is 0 Å². The zero-order valence-corrected chi connectivity index (χ0v) is 19.3. The van der Waals surface area contributed by atoms with Gasteiger partial charge >= 0.3 is 0 Å². The molecule has 0 spiro atoms. The fourth-order valence-electron chi connectivity index (χ4n) is 4.90. The molecule has 1 aliphatic rings. The lowest BCUT2D eigenvalue weighted by Crippen LogP contribution is -2.48. The first kappa shape index (κ1) is 19.8. The second-order valence-electron chi connectivity index (χ2n) is 8.72. The normalized spacial score (nSPS) is 18.1. The molecule has 1 amide bonds. The van der Waals surface area contributed by atoms with Crippen LogP contribution in [0.15, 0.2) is 84.9 Å². The second-order valence-corrected chi connectivity index (χ2v) is 9.16. The molecule has 33 heavy (non-hydrogen) atoms. The van der Waals surface area contributed by atoms with E-state index in [-0.39, 0.29) is 0 Å². The van der Waals surface area contributed by atoms with Gasteiger partial charge in [-0.2, -0.15) is 0 Å². The number of likely N-dealkylation sites (N-methyl/N-ethyl adjacent to an activating group) is 1. The van der Waals surface area contributed by atoms with Crippen molar-refractivity contribution in [2.75, 3.05) is 26.6 Å². The van der Waals surface area contributed by atoms with Crippen molar-refractivity contribution >= 4 is 17.5 Å². The molecule has 5 heteroatoms. The Kier molecular flexibility index (Phi) is 6.04. The Labute approximate surface area is 205 Å². The van der Waals surface area contributed by atoms with Gasteiger partial charge in [0.15, 0.2) is 0 Å². The molecule has 3 aromatic carbocycles. The van der Waals surface area contributed by atoms with E-state index >= 15 is 0 Å². The van der Waals surface area contributed by atoms with Gasteiger partial charge in [0.25, 0.3) is 0 Å². The highest BCUT2D eigenvalue weighted by atomic mass is 35.5. The summed E-state index contributed by atoms with van der Waals surface area (Å²) in [6, 6.07) is 26.0. The van der Waals surface area contributed by atoms with Crippen molar-refractivity contribution < 1.29 is 14.0 Å². The molecule has 0 unspecified atom stereocenters. The lowest BCUT2D eigenvalue weighted by Gasteiger charge is -2.40. The molecule has 1 saturated heterocycles. The highest BCUT2D eigenvalue weighted by molar-refractivity contribution is 6.30. The van der Waals surface area contributed by atoms with Crippen LogP contribution < -0.4 is 5.32 Å². The number of amides is 1. The molecule has 0 saturated carbocycles. The van der Waals surface area contributed by atoms with E-state index in [1.54, 1.807) is 12.1 Å². The van der Waals surface area contributed by atoms with Gasteiger partial charge in [-0.25, -0.2) is 0 Å². The van der Waals surface area contributed by atoms with Gasteiger partial charge in [0.2, 0.25) is 5.91 Å². The third-order valence-electron chi connectivity index (χ3n) is 6.90. The summed E-state index contributed by atoms with van der Waals surface area (Å²) in [4.78, 5) is 16.0. The number of hydrogen-bond acceptors (Lipinski definition) is 3. The van der Waals surface area contributed by atoms with Gasteiger partial charge in [-0.15, -0.1) is 0 Å². The zero-order valence-electron chi connectivity index (χ0n) is 21.5. The first-order chi connectivity index (χ1) is 17.1. The molecular formula is C28H31ClN2O2. The van der Waals surface area contributed by atoms with E-state index in [4.69, 9.17) is 15.7 Å². The number of hydrogen-bond donors (Lipinski definition) is 2. The van der Waals surface area contributed by atoms with Crippen molar-refractivity contribution in [3.05, 3.63) is 107 Å². The van der Waals surface area contributed by atoms with Gasteiger partial charge in [-0.05, 0) is 54.6 Å². The number of aliphatic hydroxyl groups is 1. The topological polar surface area (TPSA) is 52.6 Å². The highest BCUT2D eigenvalue weighted by Gasteiger charge is 2.42. The fourth-order valence-corrected chi connectivity index (χ4v) is 5.03. The first-order valence-electron chi connectivity index (χ1n) is 12.8. The van der Waals surface area contributed by atoms with Crippen molar-refractivity contribution in [3.63, 3.8) is 0 Å². The summed E-state index contributed by atoms with van der Waals surface area (Å²) in [5.74, 6) is -0.547. The highest BCUT2D eigenvalue weighted by Crippen LogP contribution is 2.38. The van der Waals surface area contributed by atoms with Crippen LogP contribution in [0.2, 0.25) is 5.02 Å². The predicted octanol–water partition coefficient (Wildman–Crippen LogP) is 4.75. The maximum Gasteiger partial charge on any atom is 0.234 e. The Morgan fingerprint density at radius 3 is 2.06 bits per heavy atom. The van der Waals surface area contributed by atoms with E-state index in [2.05, 4.69) is 10.2 Å². The van der Waals surface area contributed by atoms with Gasteiger partial charge in [0.05, 0.1) is 5.60 Å². The minimum absolute atomic E-state index is 0.391. The van der Waals surface area contributed by atoms with E-state index in [0.29, 0.717) is 43.9 Å². The minimum Gasteiger partial charge on any atom is -0.385 e. The van der Waals surface area contributed by atoms with Gasteiger partial charge < -0.3 is 15.3 Å². The Morgan fingerprint density at radius 2 is 1.55 bits per heavy atom. The number of rotatable bonds is 7. The van der Waals surface area contributed by atoms with Crippen molar-refractivity contribution in [1.29, 1.82) is 0 Å². The molecule has 2 N–H and O–H groups in total. The summed E-state index contributed by atoms with van der Waals surface area (Å²) in [5, 5.41) is 14.2. The number of likely N-dealkylation sites (tertiary alicyclic amines) is 1. The molecule has 1 heterocycles. The van der Waals surface area contributed by atoms with Crippen LogP contribution in [0.25, 0.3) is 0 Å². The Morgan fingerprint density at radius 1 is 1.00 bits per heavy atom. The van der Waals surface area contributed by atoms with E-state index in [1.807, 2.05) is 72.8 Å². The smallest absolute Gasteiger partial charge is 0.234 e. The minimum atomic E-state index is -2.61. The van der Waals surface area contributed by atoms with Crippen LogP contribution in [0.5, 0.6) is 0 Å². The maximum atomic E-state index is 13.7. The molecule has 0 aliphatic carbocycles. The molecule has 0 aromatic heterocycles. The summed E-state index contributed by atoms with van der Waals surface area (Å²) in [7, 11) is 0. The van der Waals surface area contributed by atoms with Crippen LogP contribution in [-0.2, 0) is 15.8 Å². The monoisotopic (exact) mass is 465 g/mol. The summed E-state index contributed by atoms with van der Waals surface area (Å²) in [6.45, 7) is -0.736. The number of halogens is 1. The summed E-state index contributed by atoms with van der Waals surface area (Å²) in [5.41, 5.74) is 0.239. The molecule has 4 rings (SSSR count). The number of benzene rings is 3. The maximum absolute atomic E-state index is 13.7. The second kappa shape index (κ2) is 10.1. The van der Waals surface area contributed by atoms with Gasteiger partial charge in [-0.3, -0.25) is 4.79 Å². The van der Waals surface area contributed by atoms with Crippen LogP contribution in [0.1, 0.15) is 40.1 Å². The largest absolute Gasteiger partial charge is 0.385 e. The van der Waals surface area contributed by atoms with Crippen molar-refractivity contribution in [2.24, 2.45) is 0 Å². The molecule has 0 bridgehead atoms. The van der Waals surface area contributed by atoms with Gasteiger partial charge in [0.1, 0.15) is 5.41 Å². The molecule has 4 nitrogen and oxygen atoms in total. The van der Waals surface area contributed by atoms with Crippen molar-refractivity contribution in [3.8, 4) is 0 Å². The third-order valence-corrected chi connectivity index (χ3v) is 7.15. The molecule has 0 radical (unpaired) electrons. The molecule has 0 atom stereocenters. The average molecular weight is 466 g/mol. The van der Waals surface area contributed by atoms with Gasteiger partial charge in [0, 0.05) is 29.2 Å². The summed E-state index contributed by atoms with van der Waals surface area (Å²) < 4.78 is 23.1. The zero-order chi connectivity index (χ0) is 25.8. The number of nitrogens with one attached hydrogen (secondary N) is 1. The third kappa shape index (κ3) is 4.84. The van der Waals surface area contributed by atoms with E-state index < -0.39 is 23.9 Å². The average Bonchev–Trinajstić information content (AvgIpc) is 2.86. The number of carbonyl (C=O) groups is 1. The summed E-state index contributed by atoms with van der Waals surface area (Å²) in [6.07, 6.45) is 1.50. The molecular weight excluding hydrogens is 432 g/mol.